The minimum absolute atomic E-state index is 0.0695. The van der Waals surface area contributed by atoms with Crippen LogP contribution in [0.15, 0.2) is 73.1 Å². The number of ether oxygens (including phenoxy) is 3. The predicted octanol–water partition coefficient (Wildman–Crippen LogP) is 5.60. The fourth-order valence-corrected chi connectivity index (χ4v) is 5.52. The average Bonchev–Trinajstić information content (AvgIpc) is 3.54. The van der Waals surface area contributed by atoms with Crippen LogP contribution in [0.2, 0.25) is 0 Å². The van der Waals surface area contributed by atoms with Crippen molar-refractivity contribution in [1.82, 2.24) is 9.13 Å². The summed E-state index contributed by atoms with van der Waals surface area (Å²) in [5, 5.41) is 4.89. The molecule has 2 heterocycles. The molecule has 2 amide bonds. The molecule has 0 radical (unpaired) electrons. The number of hydrogen-bond acceptors (Lipinski definition) is 6. The van der Waals surface area contributed by atoms with E-state index in [2.05, 4.69) is 23.7 Å². The van der Waals surface area contributed by atoms with Crippen LogP contribution in [-0.2, 0) is 26.2 Å². The van der Waals surface area contributed by atoms with Gasteiger partial charge in [-0.15, -0.1) is 0 Å². The Kier molecular flexibility index (Phi) is 9.13. The van der Waals surface area contributed by atoms with Gasteiger partial charge in [-0.2, -0.15) is 0 Å². The van der Waals surface area contributed by atoms with E-state index in [4.69, 9.17) is 19.9 Å². The Bertz CT molecular complexity index is 1870. The molecule has 45 heavy (non-hydrogen) atoms. The molecule has 5 rings (SSSR count). The van der Waals surface area contributed by atoms with E-state index in [0.29, 0.717) is 17.2 Å². The number of rotatable bonds is 12. The van der Waals surface area contributed by atoms with Crippen molar-refractivity contribution in [3.8, 4) is 11.5 Å². The number of nitrogens with zero attached hydrogens (tertiary/aromatic N) is 2. The van der Waals surface area contributed by atoms with E-state index in [1.54, 1.807) is 19.1 Å². The number of carbonyl (C=O) groups is 3. The summed E-state index contributed by atoms with van der Waals surface area (Å²) in [5.41, 5.74) is 10.4. The Morgan fingerprint density at radius 3 is 2.07 bits per heavy atom. The topological polar surface area (TPSA) is 127 Å². The number of nitrogens with two attached hydrogens (primary N) is 1. The molecule has 1 atom stereocenters. The molecule has 234 valence electrons. The van der Waals surface area contributed by atoms with Crippen LogP contribution < -0.4 is 20.5 Å². The Balaban J connectivity index is 1.63. The largest absolute Gasteiger partial charge is 0.484 e. The molecule has 0 fully saturated rings. The van der Waals surface area contributed by atoms with Crippen LogP contribution in [0.5, 0.6) is 11.5 Å². The lowest BCUT2D eigenvalue weighted by molar-refractivity contribution is -0.145. The van der Waals surface area contributed by atoms with Crippen molar-refractivity contribution in [1.29, 1.82) is 0 Å². The average molecular weight is 611 g/mol. The van der Waals surface area contributed by atoms with Crippen LogP contribution in [0.3, 0.4) is 0 Å². The molecule has 0 saturated heterocycles. The van der Waals surface area contributed by atoms with Crippen molar-refractivity contribution in [2.75, 3.05) is 25.1 Å². The van der Waals surface area contributed by atoms with Gasteiger partial charge < -0.3 is 34.4 Å². The van der Waals surface area contributed by atoms with Gasteiger partial charge in [-0.05, 0) is 75.2 Å². The van der Waals surface area contributed by atoms with Gasteiger partial charge in [0.25, 0.3) is 5.91 Å². The highest BCUT2D eigenvalue weighted by Gasteiger charge is 2.30. The summed E-state index contributed by atoms with van der Waals surface area (Å²) >= 11 is 0. The lowest BCUT2D eigenvalue weighted by atomic mass is 9.89. The maximum atomic E-state index is 14.3. The van der Waals surface area contributed by atoms with Gasteiger partial charge in [0, 0.05) is 54.1 Å². The number of carbonyl (C=O) groups excluding carboxylic acids is 3. The van der Waals surface area contributed by atoms with E-state index in [-0.39, 0.29) is 31.8 Å². The third kappa shape index (κ3) is 6.80. The molecule has 0 saturated carbocycles. The molecule has 0 spiro atoms. The van der Waals surface area contributed by atoms with Crippen LogP contribution in [0.4, 0.5) is 5.69 Å². The zero-order valence-corrected chi connectivity index (χ0v) is 26.1. The third-order valence-corrected chi connectivity index (χ3v) is 7.63. The number of esters is 1. The maximum Gasteiger partial charge on any atom is 0.344 e. The van der Waals surface area contributed by atoms with Gasteiger partial charge in [-0.3, -0.25) is 9.59 Å². The Labute approximate surface area is 261 Å². The van der Waals surface area contributed by atoms with Gasteiger partial charge in [-0.1, -0.05) is 17.7 Å². The van der Waals surface area contributed by atoms with Crippen molar-refractivity contribution in [2.45, 2.75) is 39.7 Å². The molecule has 3 aromatic carbocycles. The molecule has 3 N–H and O–H groups in total. The van der Waals surface area contributed by atoms with Crippen molar-refractivity contribution >= 4 is 45.3 Å². The zero-order valence-electron chi connectivity index (χ0n) is 26.1. The normalized spacial score (nSPS) is 12.0. The summed E-state index contributed by atoms with van der Waals surface area (Å²) in [4.78, 5) is 37.5. The van der Waals surface area contributed by atoms with Crippen LogP contribution in [0, 0.1) is 6.92 Å². The van der Waals surface area contributed by atoms with Gasteiger partial charge in [0.1, 0.15) is 11.5 Å². The van der Waals surface area contributed by atoms with Gasteiger partial charge in [-0.25, -0.2) is 4.79 Å². The van der Waals surface area contributed by atoms with Gasteiger partial charge in [0.05, 0.1) is 23.6 Å². The second-order valence-electron chi connectivity index (χ2n) is 11.3. The van der Waals surface area contributed by atoms with E-state index >= 15 is 0 Å². The monoisotopic (exact) mass is 610 g/mol. The van der Waals surface area contributed by atoms with Gasteiger partial charge >= 0.3 is 5.97 Å². The van der Waals surface area contributed by atoms with Crippen molar-refractivity contribution in [2.24, 2.45) is 12.8 Å². The highest BCUT2D eigenvalue weighted by molar-refractivity contribution is 6.04. The molecule has 0 aliphatic carbocycles. The molecule has 10 heteroatoms. The standard InChI is InChI=1S/C35H38N4O6/c1-6-43-33(41)20-45-24-11-13-26-28(17-38(5)30(26)15-24)34(35(42)37-23-9-7-22(4)8-10-23)29-18-39(21(2)3)31-16-25(12-14-27(29)31)44-19-32(36)40/h7-18,21,34H,6,19-20H2,1-5H3,(H2,36,40)(H,37,42). The zero-order chi connectivity index (χ0) is 32.2. The highest BCUT2D eigenvalue weighted by Crippen LogP contribution is 2.40. The number of aryl methyl sites for hydroxylation is 2. The summed E-state index contributed by atoms with van der Waals surface area (Å²) in [6.45, 7) is 7.73. The summed E-state index contributed by atoms with van der Waals surface area (Å²) in [7, 11) is 1.91. The van der Waals surface area contributed by atoms with Gasteiger partial charge in [0.15, 0.2) is 13.2 Å². The first-order chi connectivity index (χ1) is 21.5. The molecule has 10 nitrogen and oxygen atoms in total. The van der Waals surface area contributed by atoms with Crippen LogP contribution >= 0.6 is 0 Å². The van der Waals surface area contributed by atoms with Gasteiger partial charge in [0.2, 0.25) is 5.91 Å². The fraction of sp³-hybridized carbons (Fsp3) is 0.286. The molecule has 0 aliphatic heterocycles. The summed E-state index contributed by atoms with van der Waals surface area (Å²) in [6.07, 6.45) is 3.98. The minimum atomic E-state index is -0.693. The first-order valence-electron chi connectivity index (χ1n) is 14.9. The first-order valence-corrected chi connectivity index (χ1v) is 14.9. The molecule has 1 unspecified atom stereocenters. The summed E-state index contributed by atoms with van der Waals surface area (Å²) < 4.78 is 20.3. The Morgan fingerprint density at radius 1 is 0.844 bits per heavy atom. The minimum Gasteiger partial charge on any atom is -0.484 e. The summed E-state index contributed by atoms with van der Waals surface area (Å²) in [6, 6.07) is 18.9. The first kappa shape index (κ1) is 31.2. The Hall–Kier alpha value is -5.25. The van der Waals surface area contributed by atoms with E-state index in [0.717, 1.165) is 38.5 Å². The number of benzene rings is 3. The number of nitrogens with one attached hydrogen (secondary N) is 1. The summed E-state index contributed by atoms with van der Waals surface area (Å²) in [5.74, 6) is -0.860. The molecular formula is C35H38N4O6. The predicted molar refractivity (Wildman–Crippen MR) is 174 cm³/mol. The van der Waals surface area contributed by atoms with Crippen LogP contribution in [0.25, 0.3) is 21.8 Å². The van der Waals surface area contributed by atoms with Crippen molar-refractivity contribution in [3.05, 3.63) is 89.7 Å². The second kappa shape index (κ2) is 13.2. The Morgan fingerprint density at radius 2 is 1.44 bits per heavy atom. The SMILES string of the molecule is CCOC(=O)COc1ccc2c(C(C(=O)Nc3ccc(C)cc3)c3cn(C(C)C)c4cc(OCC(N)=O)ccc34)cn(C)c2c1. The number of hydrogen-bond donors (Lipinski definition) is 2. The fourth-order valence-electron chi connectivity index (χ4n) is 5.52. The van der Waals surface area contributed by atoms with E-state index in [9.17, 15) is 14.4 Å². The van der Waals surface area contributed by atoms with Crippen LogP contribution in [-0.4, -0.2) is 46.7 Å². The third-order valence-electron chi connectivity index (χ3n) is 7.63. The number of amides is 2. The van der Waals surface area contributed by atoms with E-state index in [1.807, 2.05) is 79.5 Å². The quantitative estimate of drug-likeness (QED) is 0.177. The van der Waals surface area contributed by atoms with E-state index in [1.165, 1.54) is 0 Å². The van der Waals surface area contributed by atoms with E-state index < -0.39 is 17.8 Å². The lowest BCUT2D eigenvalue weighted by Crippen LogP contribution is -2.22. The molecular weight excluding hydrogens is 572 g/mol. The number of anilines is 1. The molecule has 2 aromatic heterocycles. The number of aromatic nitrogens is 2. The second-order valence-corrected chi connectivity index (χ2v) is 11.3. The van der Waals surface area contributed by atoms with Crippen molar-refractivity contribution in [3.63, 3.8) is 0 Å². The molecule has 0 bridgehead atoms. The number of fused-ring (bicyclic) bond motifs is 2. The maximum absolute atomic E-state index is 14.3. The van der Waals surface area contributed by atoms with Crippen molar-refractivity contribution < 1.29 is 28.6 Å². The number of primary amides is 1. The highest BCUT2D eigenvalue weighted by atomic mass is 16.6. The van der Waals surface area contributed by atoms with Crippen LogP contribution in [0.1, 0.15) is 49.4 Å². The smallest absolute Gasteiger partial charge is 0.344 e. The lowest BCUT2D eigenvalue weighted by Gasteiger charge is -2.17. The molecule has 0 aliphatic rings. The molecule has 5 aromatic rings.